The number of halogens is 2. The normalized spacial score (nSPS) is 10.7. The van der Waals surface area contributed by atoms with Gasteiger partial charge in [0.25, 0.3) is 0 Å². The van der Waals surface area contributed by atoms with E-state index in [1.54, 1.807) is 11.7 Å². The molecule has 0 fully saturated rings. The van der Waals surface area contributed by atoms with E-state index in [9.17, 15) is 9.18 Å². The van der Waals surface area contributed by atoms with Gasteiger partial charge in [-0.25, -0.2) is 4.39 Å². The summed E-state index contributed by atoms with van der Waals surface area (Å²) in [5, 5.41) is 4.74. The molecule has 6 heteroatoms. The van der Waals surface area contributed by atoms with Gasteiger partial charge in [-0.1, -0.05) is 18.5 Å². The molecule has 0 unspecified atom stereocenters. The first kappa shape index (κ1) is 13.7. The van der Waals surface area contributed by atoms with Crippen molar-refractivity contribution in [3.8, 4) is 0 Å². The van der Waals surface area contributed by atoms with Gasteiger partial charge in [0.1, 0.15) is 5.82 Å². The van der Waals surface area contributed by atoms with Crippen LogP contribution in [0.3, 0.4) is 0 Å². The Bertz CT molecular complexity index is 624. The highest BCUT2D eigenvalue weighted by molar-refractivity contribution is 6.32. The number of hydrogen-bond acceptors (Lipinski definition) is 3. The number of nitrogens with zero attached hydrogens (tertiary/aromatic N) is 3. The standard InChI is InChI=1S/C13H13ClFN3O/c1-3-10-13(14)11(18(2)17-10)5-12(19)8-4-9(15)7-16-6-8/h4,6-7H,3,5H2,1-2H3. The predicted octanol–water partition coefficient (Wildman–Crippen LogP) is 2.60. The molecule has 19 heavy (non-hydrogen) atoms. The molecule has 0 aliphatic heterocycles. The number of hydrogen-bond donors (Lipinski definition) is 0. The van der Waals surface area contributed by atoms with Crippen molar-refractivity contribution in [2.45, 2.75) is 19.8 Å². The summed E-state index contributed by atoms with van der Waals surface area (Å²) < 4.78 is 14.6. The molecule has 0 amide bonds. The molecule has 2 aromatic rings. The SMILES string of the molecule is CCc1nn(C)c(CC(=O)c2cncc(F)c2)c1Cl. The third kappa shape index (κ3) is 2.81. The summed E-state index contributed by atoms with van der Waals surface area (Å²) in [7, 11) is 1.73. The average molecular weight is 282 g/mol. The highest BCUT2D eigenvalue weighted by Crippen LogP contribution is 2.22. The Hall–Kier alpha value is -1.75. The van der Waals surface area contributed by atoms with Crippen LogP contribution in [0.25, 0.3) is 0 Å². The molecule has 0 N–H and O–H groups in total. The lowest BCUT2D eigenvalue weighted by Crippen LogP contribution is -2.09. The van der Waals surface area contributed by atoms with Crippen LogP contribution in [0.2, 0.25) is 5.02 Å². The predicted molar refractivity (Wildman–Crippen MR) is 69.8 cm³/mol. The Morgan fingerprint density at radius 3 is 2.79 bits per heavy atom. The molecule has 2 rings (SSSR count). The first-order valence-corrected chi connectivity index (χ1v) is 6.24. The maximum Gasteiger partial charge on any atom is 0.170 e. The van der Waals surface area contributed by atoms with Crippen LogP contribution in [0.4, 0.5) is 4.39 Å². The average Bonchev–Trinajstić information content (AvgIpc) is 2.66. The largest absolute Gasteiger partial charge is 0.294 e. The Kier molecular flexibility index (Phi) is 3.95. The van der Waals surface area contributed by atoms with Gasteiger partial charge in [0.15, 0.2) is 5.78 Å². The van der Waals surface area contributed by atoms with Gasteiger partial charge in [0, 0.05) is 18.8 Å². The fourth-order valence-electron chi connectivity index (χ4n) is 1.83. The lowest BCUT2D eigenvalue weighted by molar-refractivity contribution is 0.0990. The zero-order valence-electron chi connectivity index (χ0n) is 10.7. The molecule has 0 aliphatic rings. The lowest BCUT2D eigenvalue weighted by atomic mass is 10.1. The molecule has 0 aromatic carbocycles. The van der Waals surface area contributed by atoms with Gasteiger partial charge in [-0.3, -0.25) is 14.5 Å². The van der Waals surface area contributed by atoms with Crippen molar-refractivity contribution in [3.63, 3.8) is 0 Å². The summed E-state index contributed by atoms with van der Waals surface area (Å²) in [4.78, 5) is 15.7. The molecule has 0 radical (unpaired) electrons. The molecule has 0 spiro atoms. The second-order valence-electron chi connectivity index (χ2n) is 4.18. The second-order valence-corrected chi connectivity index (χ2v) is 4.55. The van der Waals surface area contributed by atoms with Crippen LogP contribution in [-0.4, -0.2) is 20.5 Å². The number of rotatable bonds is 4. The van der Waals surface area contributed by atoms with Crippen LogP contribution >= 0.6 is 11.6 Å². The summed E-state index contributed by atoms with van der Waals surface area (Å²) in [6.45, 7) is 1.94. The van der Waals surface area contributed by atoms with Crippen LogP contribution in [-0.2, 0) is 19.9 Å². The van der Waals surface area contributed by atoms with Gasteiger partial charge in [-0.05, 0) is 12.5 Å². The number of carbonyl (C=O) groups is 1. The van der Waals surface area contributed by atoms with Crippen molar-refractivity contribution in [2.75, 3.05) is 0 Å². The van der Waals surface area contributed by atoms with Gasteiger partial charge in [0.2, 0.25) is 0 Å². The van der Waals surface area contributed by atoms with Gasteiger partial charge >= 0.3 is 0 Å². The van der Waals surface area contributed by atoms with Crippen molar-refractivity contribution >= 4 is 17.4 Å². The Labute approximate surface area is 115 Å². The molecule has 0 saturated carbocycles. The van der Waals surface area contributed by atoms with Gasteiger partial charge in [-0.2, -0.15) is 5.10 Å². The topological polar surface area (TPSA) is 47.8 Å². The minimum absolute atomic E-state index is 0.0769. The third-order valence-corrected chi connectivity index (χ3v) is 3.29. The van der Waals surface area contributed by atoms with Crippen molar-refractivity contribution in [2.24, 2.45) is 7.05 Å². The number of Topliss-reactive ketones (excluding diaryl/α,β-unsaturated/α-hetero) is 1. The van der Waals surface area contributed by atoms with E-state index in [0.29, 0.717) is 17.1 Å². The molecule has 2 heterocycles. The number of ketones is 1. The van der Waals surface area contributed by atoms with Crippen LogP contribution in [0, 0.1) is 5.82 Å². The molecule has 4 nitrogen and oxygen atoms in total. The quantitative estimate of drug-likeness (QED) is 0.809. The zero-order chi connectivity index (χ0) is 14.0. The highest BCUT2D eigenvalue weighted by Gasteiger charge is 2.17. The molecule has 0 atom stereocenters. The summed E-state index contributed by atoms with van der Waals surface area (Å²) in [6, 6.07) is 1.17. The zero-order valence-corrected chi connectivity index (χ0v) is 11.4. The molecule has 0 aliphatic carbocycles. The smallest absolute Gasteiger partial charge is 0.170 e. The summed E-state index contributed by atoms with van der Waals surface area (Å²) >= 11 is 6.17. The first-order chi connectivity index (χ1) is 9.02. The fourth-order valence-corrected chi connectivity index (χ4v) is 2.19. The van der Waals surface area contributed by atoms with Crippen molar-refractivity contribution < 1.29 is 9.18 Å². The Morgan fingerprint density at radius 2 is 2.21 bits per heavy atom. The minimum Gasteiger partial charge on any atom is -0.294 e. The lowest BCUT2D eigenvalue weighted by Gasteiger charge is -2.02. The molecule has 0 saturated heterocycles. The summed E-state index contributed by atoms with van der Waals surface area (Å²) in [5.74, 6) is -0.768. The van der Waals surface area contributed by atoms with Crippen LogP contribution in [0.5, 0.6) is 0 Å². The van der Waals surface area contributed by atoms with E-state index in [4.69, 9.17) is 11.6 Å². The Morgan fingerprint density at radius 1 is 1.47 bits per heavy atom. The van der Waals surface area contributed by atoms with Crippen molar-refractivity contribution in [1.82, 2.24) is 14.8 Å². The van der Waals surface area contributed by atoms with E-state index in [1.807, 2.05) is 6.92 Å². The summed E-state index contributed by atoms with van der Waals surface area (Å²) in [6.07, 6.45) is 3.18. The van der Waals surface area contributed by atoms with Crippen molar-refractivity contribution in [1.29, 1.82) is 0 Å². The number of aromatic nitrogens is 3. The fraction of sp³-hybridized carbons (Fsp3) is 0.308. The molecule has 100 valence electrons. The van der Waals surface area contributed by atoms with Crippen LogP contribution in [0.1, 0.15) is 28.7 Å². The van der Waals surface area contributed by atoms with Gasteiger partial charge in [-0.15, -0.1) is 0 Å². The highest BCUT2D eigenvalue weighted by atomic mass is 35.5. The Balaban J connectivity index is 2.27. The van der Waals surface area contributed by atoms with Gasteiger partial charge < -0.3 is 0 Å². The number of carbonyl (C=O) groups excluding carboxylic acids is 1. The molecule has 0 bridgehead atoms. The molecular formula is C13H13ClFN3O. The third-order valence-electron chi connectivity index (χ3n) is 2.86. The van der Waals surface area contributed by atoms with E-state index >= 15 is 0 Å². The van der Waals surface area contributed by atoms with Gasteiger partial charge in [0.05, 0.1) is 29.0 Å². The first-order valence-electron chi connectivity index (χ1n) is 5.87. The number of aryl methyl sites for hydroxylation is 2. The summed E-state index contributed by atoms with van der Waals surface area (Å²) in [5.41, 5.74) is 1.62. The van der Waals surface area contributed by atoms with Crippen LogP contribution < -0.4 is 0 Å². The maximum absolute atomic E-state index is 13.0. The monoisotopic (exact) mass is 281 g/mol. The van der Waals surface area contributed by atoms with E-state index in [2.05, 4.69) is 10.1 Å². The molecular weight excluding hydrogens is 269 g/mol. The van der Waals surface area contributed by atoms with E-state index < -0.39 is 5.82 Å². The van der Waals surface area contributed by atoms with Crippen molar-refractivity contribution in [3.05, 3.63) is 46.3 Å². The minimum atomic E-state index is -0.531. The molecule has 2 aromatic heterocycles. The van der Waals surface area contributed by atoms with E-state index in [1.165, 1.54) is 12.3 Å². The second kappa shape index (κ2) is 5.48. The van der Waals surface area contributed by atoms with E-state index in [0.717, 1.165) is 11.9 Å². The van der Waals surface area contributed by atoms with Crippen LogP contribution in [0.15, 0.2) is 18.5 Å². The maximum atomic E-state index is 13.0. The van der Waals surface area contributed by atoms with E-state index in [-0.39, 0.29) is 17.8 Å². The number of pyridine rings is 1.